The van der Waals surface area contributed by atoms with Gasteiger partial charge in [-0.2, -0.15) is 0 Å². The summed E-state index contributed by atoms with van der Waals surface area (Å²) in [5, 5.41) is 2.97. The van der Waals surface area contributed by atoms with Gasteiger partial charge in [0.1, 0.15) is 5.82 Å². The van der Waals surface area contributed by atoms with Crippen molar-refractivity contribution in [2.75, 3.05) is 18.0 Å². The van der Waals surface area contributed by atoms with Crippen molar-refractivity contribution in [2.24, 2.45) is 0 Å². The van der Waals surface area contributed by atoms with Crippen LogP contribution in [-0.4, -0.2) is 24.0 Å². The van der Waals surface area contributed by atoms with Crippen molar-refractivity contribution < 1.29 is 4.79 Å². The van der Waals surface area contributed by atoms with Crippen LogP contribution in [0, 0.1) is 0 Å². The molecule has 0 unspecified atom stereocenters. The van der Waals surface area contributed by atoms with E-state index < -0.39 is 0 Å². The van der Waals surface area contributed by atoms with Crippen LogP contribution in [0.15, 0.2) is 72.9 Å². The third kappa shape index (κ3) is 4.17. The number of nitrogens with one attached hydrogen (secondary N) is 1. The lowest BCUT2D eigenvalue weighted by molar-refractivity contribution is 0.0954. The molecular weight excluding hydrogens is 334 g/mol. The molecule has 4 nitrogen and oxygen atoms in total. The molecule has 0 aliphatic carbocycles. The summed E-state index contributed by atoms with van der Waals surface area (Å²) in [6, 6.07) is 22.5. The van der Waals surface area contributed by atoms with Gasteiger partial charge in [0, 0.05) is 25.8 Å². The van der Waals surface area contributed by atoms with Gasteiger partial charge in [-0.25, -0.2) is 4.98 Å². The minimum absolute atomic E-state index is 0.0750. The molecule has 0 fully saturated rings. The van der Waals surface area contributed by atoms with E-state index in [0.29, 0.717) is 12.1 Å². The maximum Gasteiger partial charge on any atom is 0.252 e. The number of anilines is 1. The molecule has 1 amide bonds. The first-order chi connectivity index (χ1) is 13.3. The van der Waals surface area contributed by atoms with Crippen LogP contribution in [0.3, 0.4) is 0 Å². The Labute approximate surface area is 159 Å². The van der Waals surface area contributed by atoms with Crippen molar-refractivity contribution in [3.05, 3.63) is 95.2 Å². The predicted octanol–water partition coefficient (Wildman–Crippen LogP) is 3.62. The van der Waals surface area contributed by atoms with Crippen molar-refractivity contribution in [3.63, 3.8) is 0 Å². The summed E-state index contributed by atoms with van der Waals surface area (Å²) in [6.07, 6.45) is 3.53. The molecule has 2 aromatic carbocycles. The number of rotatable bonds is 5. The Balaban J connectivity index is 1.34. The van der Waals surface area contributed by atoms with Gasteiger partial charge in [0.2, 0.25) is 0 Å². The Kier molecular flexibility index (Phi) is 5.15. The first-order valence-electron chi connectivity index (χ1n) is 9.39. The number of aromatic nitrogens is 1. The molecule has 3 aromatic rings. The minimum Gasteiger partial charge on any atom is -0.352 e. The van der Waals surface area contributed by atoms with Crippen LogP contribution in [0.1, 0.15) is 27.0 Å². The van der Waals surface area contributed by atoms with Gasteiger partial charge >= 0.3 is 0 Å². The van der Waals surface area contributed by atoms with E-state index in [2.05, 4.69) is 51.6 Å². The third-order valence-corrected chi connectivity index (χ3v) is 5.01. The lowest BCUT2D eigenvalue weighted by Crippen LogP contribution is -2.31. The Morgan fingerprint density at radius 1 is 0.963 bits per heavy atom. The minimum atomic E-state index is -0.0750. The lowest BCUT2D eigenvalue weighted by atomic mass is 10.00. The normalized spacial score (nSPS) is 13.1. The van der Waals surface area contributed by atoms with Gasteiger partial charge in [-0.1, -0.05) is 54.6 Å². The molecule has 1 aliphatic heterocycles. The van der Waals surface area contributed by atoms with Gasteiger partial charge < -0.3 is 10.2 Å². The Bertz CT molecular complexity index is 906. The molecule has 0 spiro atoms. The smallest absolute Gasteiger partial charge is 0.252 e. The quantitative estimate of drug-likeness (QED) is 0.759. The van der Waals surface area contributed by atoms with Crippen molar-refractivity contribution in [1.29, 1.82) is 0 Å². The zero-order valence-electron chi connectivity index (χ0n) is 15.3. The molecule has 0 saturated heterocycles. The van der Waals surface area contributed by atoms with Gasteiger partial charge in [-0.15, -0.1) is 0 Å². The third-order valence-electron chi connectivity index (χ3n) is 5.01. The predicted molar refractivity (Wildman–Crippen MR) is 108 cm³/mol. The number of benzene rings is 2. The van der Waals surface area contributed by atoms with E-state index in [-0.39, 0.29) is 5.91 Å². The Morgan fingerprint density at radius 3 is 2.52 bits per heavy atom. The number of nitrogens with zero attached hydrogens (tertiary/aromatic N) is 2. The summed E-state index contributed by atoms with van der Waals surface area (Å²) in [7, 11) is 0. The Hall–Kier alpha value is -3.14. The van der Waals surface area contributed by atoms with Crippen LogP contribution < -0.4 is 10.2 Å². The summed E-state index contributed by atoms with van der Waals surface area (Å²) >= 11 is 0. The number of pyridine rings is 1. The van der Waals surface area contributed by atoms with Crippen molar-refractivity contribution in [2.45, 2.75) is 19.4 Å². The van der Waals surface area contributed by atoms with E-state index in [1.165, 1.54) is 16.7 Å². The van der Waals surface area contributed by atoms with Gasteiger partial charge in [-0.3, -0.25) is 4.79 Å². The first-order valence-corrected chi connectivity index (χ1v) is 9.39. The van der Waals surface area contributed by atoms with Gasteiger partial charge in [-0.05, 0) is 41.7 Å². The average molecular weight is 357 g/mol. The SMILES string of the molecule is O=C(NCCc1ccccc1)c1ccc(N2CCc3ccccc3C2)nc1. The number of carbonyl (C=O) groups is 1. The van der Waals surface area contributed by atoms with Gasteiger partial charge in [0.05, 0.1) is 5.56 Å². The highest BCUT2D eigenvalue weighted by Gasteiger charge is 2.17. The zero-order valence-corrected chi connectivity index (χ0v) is 15.3. The number of fused-ring (bicyclic) bond motifs is 1. The second kappa shape index (κ2) is 8.04. The van der Waals surface area contributed by atoms with E-state index in [1.807, 2.05) is 30.3 Å². The molecule has 1 aromatic heterocycles. The summed E-state index contributed by atoms with van der Waals surface area (Å²) < 4.78 is 0. The second-order valence-corrected chi connectivity index (χ2v) is 6.84. The van der Waals surface area contributed by atoms with Crippen LogP contribution >= 0.6 is 0 Å². The van der Waals surface area contributed by atoms with Crippen LogP contribution in [0.25, 0.3) is 0 Å². The highest BCUT2D eigenvalue weighted by Crippen LogP contribution is 2.22. The average Bonchev–Trinajstić information content (AvgIpc) is 2.74. The molecular formula is C23H23N3O. The van der Waals surface area contributed by atoms with E-state index in [0.717, 1.165) is 31.7 Å². The highest BCUT2D eigenvalue weighted by molar-refractivity contribution is 5.94. The molecule has 4 heteroatoms. The maximum absolute atomic E-state index is 12.3. The summed E-state index contributed by atoms with van der Waals surface area (Å²) in [4.78, 5) is 19.1. The number of amides is 1. The topological polar surface area (TPSA) is 45.2 Å². The standard InChI is InChI=1S/C23H23N3O/c27-23(24-14-12-18-6-2-1-3-7-18)20-10-11-22(25-16-20)26-15-13-19-8-4-5-9-21(19)17-26/h1-11,16H,12-15,17H2,(H,24,27). The monoisotopic (exact) mass is 357 g/mol. The molecule has 4 rings (SSSR count). The van der Waals surface area contributed by atoms with E-state index in [9.17, 15) is 4.79 Å². The zero-order chi connectivity index (χ0) is 18.5. The highest BCUT2D eigenvalue weighted by atomic mass is 16.1. The largest absolute Gasteiger partial charge is 0.352 e. The second-order valence-electron chi connectivity index (χ2n) is 6.84. The molecule has 136 valence electrons. The fraction of sp³-hybridized carbons (Fsp3) is 0.217. The Morgan fingerprint density at radius 2 is 1.74 bits per heavy atom. The van der Waals surface area contributed by atoms with E-state index in [4.69, 9.17) is 0 Å². The molecule has 0 bridgehead atoms. The molecule has 0 radical (unpaired) electrons. The number of hydrogen-bond donors (Lipinski definition) is 1. The molecule has 0 saturated carbocycles. The van der Waals surface area contributed by atoms with Crippen molar-refractivity contribution >= 4 is 11.7 Å². The molecule has 27 heavy (non-hydrogen) atoms. The maximum atomic E-state index is 12.3. The lowest BCUT2D eigenvalue weighted by Gasteiger charge is -2.29. The van der Waals surface area contributed by atoms with Crippen molar-refractivity contribution in [1.82, 2.24) is 10.3 Å². The fourth-order valence-electron chi connectivity index (χ4n) is 3.47. The summed E-state index contributed by atoms with van der Waals surface area (Å²) in [5.41, 5.74) is 4.59. The van der Waals surface area contributed by atoms with Crippen molar-refractivity contribution in [3.8, 4) is 0 Å². The van der Waals surface area contributed by atoms with Crippen LogP contribution in [0.2, 0.25) is 0 Å². The van der Waals surface area contributed by atoms with Crippen LogP contribution in [0.4, 0.5) is 5.82 Å². The van der Waals surface area contributed by atoms with Gasteiger partial charge in [0.25, 0.3) is 5.91 Å². The summed E-state index contributed by atoms with van der Waals surface area (Å²) in [6.45, 7) is 2.44. The number of carbonyl (C=O) groups excluding carboxylic acids is 1. The van der Waals surface area contributed by atoms with Crippen LogP contribution in [-0.2, 0) is 19.4 Å². The van der Waals surface area contributed by atoms with E-state index in [1.54, 1.807) is 6.20 Å². The van der Waals surface area contributed by atoms with E-state index >= 15 is 0 Å². The molecule has 2 heterocycles. The summed E-state index contributed by atoms with van der Waals surface area (Å²) in [5.74, 6) is 0.847. The first kappa shape index (κ1) is 17.3. The fourth-order valence-corrected chi connectivity index (χ4v) is 3.47. The number of hydrogen-bond acceptors (Lipinski definition) is 3. The van der Waals surface area contributed by atoms with Crippen LogP contribution in [0.5, 0.6) is 0 Å². The molecule has 1 aliphatic rings. The molecule has 1 N–H and O–H groups in total. The molecule has 0 atom stereocenters. The van der Waals surface area contributed by atoms with Gasteiger partial charge in [0.15, 0.2) is 0 Å².